The first-order chi connectivity index (χ1) is 6.06. The first-order valence-corrected chi connectivity index (χ1v) is 3.82. The van der Waals surface area contributed by atoms with Gasteiger partial charge in [0.15, 0.2) is 11.5 Å². The lowest BCUT2D eigenvalue weighted by Crippen LogP contribution is -2.10. The minimum atomic E-state index is -1.36. The van der Waals surface area contributed by atoms with Gasteiger partial charge in [0.2, 0.25) is 0 Å². The molecule has 0 radical (unpaired) electrons. The Kier molecular flexibility index (Phi) is 2.55. The minimum absolute atomic E-state index is 0.143. The van der Waals surface area contributed by atoms with E-state index in [9.17, 15) is 9.18 Å². The average Bonchev–Trinajstić information content (AvgIpc) is 2.08. The highest BCUT2D eigenvalue weighted by Crippen LogP contribution is 2.09. The van der Waals surface area contributed by atoms with Crippen LogP contribution in [0.2, 0.25) is 0 Å². The standard InChI is InChI=1S/C8H9FN2O2/c1-3-5-6(9)7(8(12)13)11-4(2)10-5/h3H2,1-2H3,(H,12,13). The summed E-state index contributed by atoms with van der Waals surface area (Å²) >= 11 is 0. The third kappa shape index (κ3) is 1.80. The molecule has 1 aromatic heterocycles. The van der Waals surface area contributed by atoms with Crippen LogP contribution in [0.5, 0.6) is 0 Å². The number of carboxylic acids is 1. The highest BCUT2D eigenvalue weighted by atomic mass is 19.1. The monoisotopic (exact) mass is 184 g/mol. The Balaban J connectivity index is 3.35. The molecular weight excluding hydrogens is 175 g/mol. The molecule has 1 aromatic rings. The Morgan fingerprint density at radius 2 is 2.15 bits per heavy atom. The Hall–Kier alpha value is -1.52. The summed E-state index contributed by atoms with van der Waals surface area (Å²) in [6, 6.07) is 0. The van der Waals surface area contributed by atoms with Crippen molar-refractivity contribution in [1.82, 2.24) is 9.97 Å². The molecule has 0 aliphatic heterocycles. The number of hydrogen-bond acceptors (Lipinski definition) is 3. The van der Waals surface area contributed by atoms with E-state index in [-0.39, 0.29) is 11.5 Å². The molecule has 70 valence electrons. The van der Waals surface area contributed by atoms with Crippen molar-refractivity contribution in [2.75, 3.05) is 0 Å². The molecule has 0 aliphatic carbocycles. The van der Waals surface area contributed by atoms with Crippen LogP contribution in [0.1, 0.15) is 28.9 Å². The maximum Gasteiger partial charge on any atom is 0.357 e. The lowest BCUT2D eigenvalue weighted by Gasteiger charge is -2.02. The van der Waals surface area contributed by atoms with Gasteiger partial charge in [0.25, 0.3) is 0 Å². The van der Waals surface area contributed by atoms with Crippen LogP contribution in [0.25, 0.3) is 0 Å². The number of carboxylic acid groups (broad SMARTS) is 1. The number of nitrogens with zero attached hydrogens (tertiary/aromatic N) is 2. The third-order valence-electron chi connectivity index (χ3n) is 1.57. The van der Waals surface area contributed by atoms with Crippen LogP contribution in [0, 0.1) is 12.7 Å². The van der Waals surface area contributed by atoms with Crippen LogP contribution < -0.4 is 0 Å². The summed E-state index contributed by atoms with van der Waals surface area (Å²) in [5.41, 5.74) is -0.408. The fraction of sp³-hybridized carbons (Fsp3) is 0.375. The number of aryl methyl sites for hydroxylation is 2. The topological polar surface area (TPSA) is 63.1 Å². The number of hydrogen-bond donors (Lipinski definition) is 1. The lowest BCUT2D eigenvalue weighted by molar-refractivity contribution is 0.0684. The zero-order valence-corrected chi connectivity index (χ0v) is 7.33. The normalized spacial score (nSPS) is 10.1. The second-order valence-electron chi connectivity index (χ2n) is 2.54. The van der Waals surface area contributed by atoms with E-state index in [1.165, 1.54) is 6.92 Å². The molecule has 5 heteroatoms. The molecule has 0 saturated carbocycles. The molecule has 0 saturated heterocycles. The van der Waals surface area contributed by atoms with Crippen LogP contribution >= 0.6 is 0 Å². The Bertz CT molecular complexity index is 352. The predicted molar refractivity (Wildman–Crippen MR) is 43.1 cm³/mol. The zero-order valence-electron chi connectivity index (χ0n) is 7.33. The molecule has 1 heterocycles. The fourth-order valence-electron chi connectivity index (χ4n) is 0.993. The quantitative estimate of drug-likeness (QED) is 0.749. The van der Waals surface area contributed by atoms with Crippen molar-refractivity contribution >= 4 is 5.97 Å². The molecule has 13 heavy (non-hydrogen) atoms. The second kappa shape index (κ2) is 3.47. The molecule has 4 nitrogen and oxygen atoms in total. The SMILES string of the molecule is CCc1nc(C)nc(C(=O)O)c1F. The molecule has 0 unspecified atom stereocenters. The van der Waals surface area contributed by atoms with Crippen molar-refractivity contribution in [2.45, 2.75) is 20.3 Å². The van der Waals surface area contributed by atoms with E-state index in [0.717, 1.165) is 0 Å². The summed E-state index contributed by atoms with van der Waals surface area (Å²) in [6.45, 7) is 3.24. The van der Waals surface area contributed by atoms with Gasteiger partial charge in [-0.3, -0.25) is 0 Å². The van der Waals surface area contributed by atoms with Crippen LogP contribution in [0.4, 0.5) is 4.39 Å². The van der Waals surface area contributed by atoms with Gasteiger partial charge < -0.3 is 5.11 Å². The van der Waals surface area contributed by atoms with Crippen molar-refractivity contribution in [3.63, 3.8) is 0 Å². The Morgan fingerprint density at radius 3 is 2.62 bits per heavy atom. The molecule has 1 rings (SSSR count). The number of aromatic carboxylic acids is 1. The van der Waals surface area contributed by atoms with E-state index in [1.54, 1.807) is 6.92 Å². The maximum atomic E-state index is 13.2. The molecule has 0 spiro atoms. The summed E-state index contributed by atoms with van der Waals surface area (Å²) in [7, 11) is 0. The first kappa shape index (κ1) is 9.57. The van der Waals surface area contributed by atoms with Crippen molar-refractivity contribution in [1.29, 1.82) is 0 Å². The van der Waals surface area contributed by atoms with E-state index in [0.29, 0.717) is 6.42 Å². The number of aromatic nitrogens is 2. The van der Waals surface area contributed by atoms with Crippen molar-refractivity contribution in [3.8, 4) is 0 Å². The molecule has 1 N–H and O–H groups in total. The zero-order chi connectivity index (χ0) is 10.0. The maximum absolute atomic E-state index is 13.2. The molecule has 0 bridgehead atoms. The smallest absolute Gasteiger partial charge is 0.357 e. The molecular formula is C8H9FN2O2. The summed E-state index contributed by atoms with van der Waals surface area (Å²) in [5, 5.41) is 8.58. The van der Waals surface area contributed by atoms with E-state index in [1.807, 2.05) is 0 Å². The van der Waals surface area contributed by atoms with Gasteiger partial charge in [-0.25, -0.2) is 19.2 Å². The molecule has 0 fully saturated rings. The molecule has 0 amide bonds. The van der Waals surface area contributed by atoms with Gasteiger partial charge in [-0.05, 0) is 13.3 Å². The Morgan fingerprint density at radius 1 is 1.54 bits per heavy atom. The summed E-state index contributed by atoms with van der Waals surface area (Å²) in [4.78, 5) is 17.8. The highest BCUT2D eigenvalue weighted by molar-refractivity contribution is 5.85. The van der Waals surface area contributed by atoms with Crippen molar-refractivity contribution in [2.24, 2.45) is 0 Å². The van der Waals surface area contributed by atoms with E-state index >= 15 is 0 Å². The molecule has 0 aliphatic rings. The van der Waals surface area contributed by atoms with Gasteiger partial charge in [-0.2, -0.15) is 0 Å². The van der Waals surface area contributed by atoms with Crippen LogP contribution in [0.3, 0.4) is 0 Å². The van der Waals surface area contributed by atoms with Crippen molar-refractivity contribution in [3.05, 3.63) is 23.0 Å². The molecule has 0 atom stereocenters. The fourth-order valence-corrected chi connectivity index (χ4v) is 0.993. The molecule has 0 aromatic carbocycles. The average molecular weight is 184 g/mol. The van der Waals surface area contributed by atoms with Gasteiger partial charge in [-0.15, -0.1) is 0 Å². The second-order valence-corrected chi connectivity index (χ2v) is 2.54. The van der Waals surface area contributed by atoms with E-state index in [2.05, 4.69) is 9.97 Å². The van der Waals surface area contributed by atoms with Crippen LogP contribution in [-0.2, 0) is 6.42 Å². The highest BCUT2D eigenvalue weighted by Gasteiger charge is 2.16. The summed E-state index contributed by atoms with van der Waals surface area (Å²) in [5.74, 6) is -1.92. The van der Waals surface area contributed by atoms with Gasteiger partial charge in [0.1, 0.15) is 5.82 Å². The number of halogens is 1. The van der Waals surface area contributed by atoms with Gasteiger partial charge in [0.05, 0.1) is 5.69 Å². The number of rotatable bonds is 2. The lowest BCUT2D eigenvalue weighted by atomic mass is 10.2. The summed E-state index contributed by atoms with van der Waals surface area (Å²) in [6.07, 6.45) is 0.357. The van der Waals surface area contributed by atoms with E-state index in [4.69, 9.17) is 5.11 Å². The Labute approximate surface area is 74.5 Å². The van der Waals surface area contributed by atoms with Gasteiger partial charge in [0, 0.05) is 0 Å². The van der Waals surface area contributed by atoms with Gasteiger partial charge >= 0.3 is 5.97 Å². The van der Waals surface area contributed by atoms with E-state index < -0.39 is 17.5 Å². The van der Waals surface area contributed by atoms with Crippen molar-refractivity contribution < 1.29 is 14.3 Å². The predicted octanol–water partition coefficient (Wildman–Crippen LogP) is 1.18. The minimum Gasteiger partial charge on any atom is -0.476 e. The number of carbonyl (C=O) groups is 1. The summed E-state index contributed by atoms with van der Waals surface area (Å²) < 4.78 is 13.2. The van der Waals surface area contributed by atoms with Gasteiger partial charge in [-0.1, -0.05) is 6.92 Å². The largest absolute Gasteiger partial charge is 0.476 e. The van der Waals surface area contributed by atoms with Crippen LogP contribution in [-0.4, -0.2) is 21.0 Å². The third-order valence-corrected chi connectivity index (χ3v) is 1.57. The van der Waals surface area contributed by atoms with Crippen LogP contribution in [0.15, 0.2) is 0 Å². The first-order valence-electron chi connectivity index (χ1n) is 3.82.